The van der Waals surface area contributed by atoms with Gasteiger partial charge in [-0.25, -0.2) is 0 Å². The van der Waals surface area contributed by atoms with Crippen molar-refractivity contribution in [3.05, 3.63) is 0 Å². The van der Waals surface area contributed by atoms with E-state index >= 15 is 0 Å². The predicted molar refractivity (Wildman–Crippen MR) is 48.4 cm³/mol. The number of fused-ring (bicyclic) bond motifs is 2. The molecule has 0 aromatic rings. The Labute approximate surface area is 73.7 Å². The molecule has 2 heteroatoms. The van der Waals surface area contributed by atoms with E-state index in [4.69, 9.17) is 5.21 Å². The van der Waals surface area contributed by atoms with Crippen LogP contribution in [-0.4, -0.2) is 10.9 Å². The third-order valence-electron chi connectivity index (χ3n) is 4.38. The van der Waals surface area contributed by atoms with Gasteiger partial charge in [-0.05, 0) is 30.1 Å². The molecule has 2 saturated carbocycles. The summed E-state index contributed by atoms with van der Waals surface area (Å²) in [6.45, 7) is 6.97. The smallest absolute Gasteiger partial charge is 0.0607 e. The van der Waals surface area contributed by atoms with E-state index in [1.165, 1.54) is 6.42 Å². The van der Waals surface area contributed by atoms with Crippen molar-refractivity contribution < 1.29 is 5.21 Å². The minimum absolute atomic E-state index is 0.457. The summed E-state index contributed by atoms with van der Waals surface area (Å²) in [6, 6.07) is 0. The highest BCUT2D eigenvalue weighted by molar-refractivity contribution is 5.90. The van der Waals surface area contributed by atoms with Gasteiger partial charge in [0.05, 0.1) is 5.71 Å². The Hall–Kier alpha value is -0.530. The highest BCUT2D eigenvalue weighted by Gasteiger charge is 2.53. The largest absolute Gasteiger partial charge is 0.411 e. The van der Waals surface area contributed by atoms with Crippen LogP contribution < -0.4 is 0 Å². The third kappa shape index (κ3) is 0.782. The molecule has 0 aromatic heterocycles. The Morgan fingerprint density at radius 2 is 2.17 bits per heavy atom. The minimum Gasteiger partial charge on any atom is -0.411 e. The maximum Gasteiger partial charge on any atom is 0.0607 e. The lowest BCUT2D eigenvalue weighted by Gasteiger charge is -2.36. The summed E-state index contributed by atoms with van der Waals surface area (Å²) in [5.41, 5.74) is 1.51. The second-order valence-corrected chi connectivity index (χ2v) is 4.94. The van der Waals surface area contributed by atoms with Crippen molar-refractivity contribution in [3.63, 3.8) is 0 Å². The van der Waals surface area contributed by atoms with Gasteiger partial charge >= 0.3 is 0 Å². The van der Waals surface area contributed by atoms with Gasteiger partial charge in [-0.3, -0.25) is 0 Å². The summed E-state index contributed by atoms with van der Waals surface area (Å²) < 4.78 is 0. The Bertz CT molecular complexity index is 228. The fraction of sp³-hybridized carbons (Fsp3) is 0.900. The van der Waals surface area contributed by atoms with Crippen LogP contribution in [0.5, 0.6) is 0 Å². The lowest BCUT2D eigenvalue weighted by Crippen LogP contribution is -2.33. The third-order valence-corrected chi connectivity index (χ3v) is 4.38. The van der Waals surface area contributed by atoms with Crippen molar-refractivity contribution in [3.8, 4) is 0 Å². The zero-order chi connectivity index (χ0) is 8.93. The zero-order valence-electron chi connectivity index (χ0n) is 8.04. The molecular weight excluding hydrogens is 150 g/mol. The van der Waals surface area contributed by atoms with Gasteiger partial charge in [0.1, 0.15) is 0 Å². The molecule has 0 aromatic carbocycles. The van der Waals surface area contributed by atoms with Gasteiger partial charge in [0.25, 0.3) is 0 Å². The number of hydrogen-bond donors (Lipinski definition) is 1. The second-order valence-electron chi connectivity index (χ2n) is 4.94. The lowest BCUT2D eigenvalue weighted by molar-refractivity contribution is 0.178. The van der Waals surface area contributed by atoms with Crippen LogP contribution in [0.1, 0.15) is 33.6 Å². The standard InChI is InChI=1S/C10H17NO/c1-6-8-4-7(10(6,2)3)5-9(8)11-12/h6-8,12H,4-5H2,1-3H3/b11-9-/t6-,7-,8-/m1/s1. The van der Waals surface area contributed by atoms with Crippen molar-refractivity contribution in [2.45, 2.75) is 33.6 Å². The molecule has 0 saturated heterocycles. The fourth-order valence-electron chi connectivity index (χ4n) is 2.99. The molecule has 0 heterocycles. The molecule has 2 nitrogen and oxygen atoms in total. The van der Waals surface area contributed by atoms with Crippen LogP contribution >= 0.6 is 0 Å². The van der Waals surface area contributed by atoms with Gasteiger partial charge in [-0.1, -0.05) is 25.9 Å². The molecule has 0 amide bonds. The van der Waals surface area contributed by atoms with Crippen LogP contribution in [0, 0.1) is 23.2 Å². The summed E-state index contributed by atoms with van der Waals surface area (Å²) in [5.74, 6) is 2.00. The molecular formula is C10H17NO. The van der Waals surface area contributed by atoms with Crippen molar-refractivity contribution in [1.82, 2.24) is 0 Å². The van der Waals surface area contributed by atoms with Crippen LogP contribution in [0.3, 0.4) is 0 Å². The summed E-state index contributed by atoms with van der Waals surface area (Å²) in [6.07, 6.45) is 2.27. The zero-order valence-corrected chi connectivity index (χ0v) is 8.04. The maximum absolute atomic E-state index is 8.76. The van der Waals surface area contributed by atoms with Crippen LogP contribution in [0.2, 0.25) is 0 Å². The molecule has 2 aliphatic carbocycles. The summed E-state index contributed by atoms with van der Waals surface area (Å²) in [4.78, 5) is 0. The summed E-state index contributed by atoms with van der Waals surface area (Å²) in [5, 5.41) is 12.2. The minimum atomic E-state index is 0.457. The van der Waals surface area contributed by atoms with E-state index in [9.17, 15) is 0 Å². The van der Waals surface area contributed by atoms with E-state index < -0.39 is 0 Å². The molecule has 2 aliphatic rings. The number of rotatable bonds is 0. The highest BCUT2D eigenvalue weighted by Crippen LogP contribution is 2.57. The summed E-state index contributed by atoms with van der Waals surface area (Å²) >= 11 is 0. The Balaban J connectivity index is 2.29. The first-order valence-electron chi connectivity index (χ1n) is 4.78. The SMILES string of the molecule is C[C@@H]1[C@H]2C[C@H](C/C2=N/O)C1(C)C. The first-order chi connectivity index (χ1) is 5.57. The maximum atomic E-state index is 8.76. The van der Waals surface area contributed by atoms with Gasteiger partial charge in [-0.15, -0.1) is 0 Å². The van der Waals surface area contributed by atoms with Crippen molar-refractivity contribution in [2.24, 2.45) is 28.3 Å². The van der Waals surface area contributed by atoms with Crippen molar-refractivity contribution in [1.29, 1.82) is 0 Å². The average molecular weight is 167 g/mol. The van der Waals surface area contributed by atoms with Gasteiger partial charge in [-0.2, -0.15) is 0 Å². The molecule has 2 fully saturated rings. The van der Waals surface area contributed by atoms with Crippen LogP contribution in [0.25, 0.3) is 0 Å². The van der Waals surface area contributed by atoms with E-state index in [1.54, 1.807) is 0 Å². The molecule has 0 radical (unpaired) electrons. The highest BCUT2D eigenvalue weighted by atomic mass is 16.4. The van der Waals surface area contributed by atoms with E-state index in [1.807, 2.05) is 0 Å². The number of hydrogen-bond acceptors (Lipinski definition) is 2. The predicted octanol–water partition coefficient (Wildman–Crippen LogP) is 2.52. The van der Waals surface area contributed by atoms with E-state index in [2.05, 4.69) is 25.9 Å². The topological polar surface area (TPSA) is 32.6 Å². The molecule has 3 atom stereocenters. The molecule has 0 aliphatic heterocycles. The molecule has 2 rings (SSSR count). The molecule has 1 N–H and O–H groups in total. The normalized spacial score (nSPS) is 47.2. The number of oxime groups is 1. The molecule has 2 bridgehead atoms. The van der Waals surface area contributed by atoms with Gasteiger partial charge in [0.15, 0.2) is 0 Å². The molecule has 68 valence electrons. The molecule has 0 spiro atoms. The van der Waals surface area contributed by atoms with Gasteiger partial charge in [0, 0.05) is 5.92 Å². The number of nitrogens with zero attached hydrogens (tertiary/aromatic N) is 1. The van der Waals surface area contributed by atoms with E-state index in [0.717, 1.165) is 18.1 Å². The quantitative estimate of drug-likeness (QED) is 0.436. The van der Waals surface area contributed by atoms with E-state index in [-0.39, 0.29) is 0 Å². The van der Waals surface area contributed by atoms with Gasteiger partial charge < -0.3 is 5.21 Å². The Kier molecular flexibility index (Phi) is 1.51. The Morgan fingerprint density at radius 1 is 1.50 bits per heavy atom. The molecule has 12 heavy (non-hydrogen) atoms. The van der Waals surface area contributed by atoms with Crippen molar-refractivity contribution in [2.75, 3.05) is 0 Å². The van der Waals surface area contributed by atoms with Crippen LogP contribution in [0.4, 0.5) is 0 Å². The van der Waals surface area contributed by atoms with Crippen LogP contribution in [-0.2, 0) is 0 Å². The second kappa shape index (κ2) is 2.24. The fourth-order valence-corrected chi connectivity index (χ4v) is 2.99. The Morgan fingerprint density at radius 3 is 2.58 bits per heavy atom. The monoisotopic (exact) mass is 167 g/mol. The average Bonchev–Trinajstić information content (AvgIpc) is 2.52. The van der Waals surface area contributed by atoms with Gasteiger partial charge in [0.2, 0.25) is 0 Å². The summed E-state index contributed by atoms with van der Waals surface area (Å²) in [7, 11) is 0. The van der Waals surface area contributed by atoms with E-state index in [0.29, 0.717) is 17.3 Å². The molecule has 0 unspecified atom stereocenters. The van der Waals surface area contributed by atoms with Crippen molar-refractivity contribution >= 4 is 5.71 Å². The first kappa shape index (κ1) is 8.09. The van der Waals surface area contributed by atoms with Crippen LogP contribution in [0.15, 0.2) is 5.16 Å². The lowest BCUT2D eigenvalue weighted by atomic mass is 9.69. The first-order valence-corrected chi connectivity index (χ1v) is 4.78.